The van der Waals surface area contributed by atoms with E-state index in [1.165, 1.54) is 0 Å². The molecule has 0 fully saturated rings. The number of methoxy groups -OCH3 is 1. The Bertz CT molecular complexity index is 883. The molecule has 0 bridgehead atoms. The maximum Gasteiger partial charge on any atom is 0.279 e. The van der Waals surface area contributed by atoms with Crippen LogP contribution in [0.4, 0.5) is 5.69 Å². The third-order valence-corrected chi connectivity index (χ3v) is 5.71. The number of rotatable bonds is 10. The highest BCUT2D eigenvalue weighted by molar-refractivity contribution is 7.98. The maximum atomic E-state index is 12.6. The van der Waals surface area contributed by atoms with E-state index in [0.717, 1.165) is 20.4 Å². The van der Waals surface area contributed by atoms with Gasteiger partial charge >= 0.3 is 0 Å². The number of hydrogen-bond donors (Lipinski definition) is 2. The number of ether oxygens (including phenoxy) is 1. The molecule has 0 radical (unpaired) electrons. The topological polar surface area (TPSA) is 81.7 Å². The summed E-state index contributed by atoms with van der Waals surface area (Å²) >= 11 is 3.15. The van der Waals surface area contributed by atoms with Crippen molar-refractivity contribution in [3.05, 3.63) is 47.7 Å². The van der Waals surface area contributed by atoms with Crippen LogP contribution >= 0.6 is 23.1 Å². The zero-order chi connectivity index (χ0) is 19.8. The van der Waals surface area contributed by atoms with Gasteiger partial charge in [-0.15, -0.1) is 33.3 Å². The first-order chi connectivity index (χ1) is 13.7. The second-order valence-electron chi connectivity index (χ2n) is 6.07. The monoisotopic (exact) mass is 419 g/mol. The number of quaternary nitrogens is 1. The molecule has 148 valence electrons. The third-order valence-electron chi connectivity index (χ3n) is 4.05. The van der Waals surface area contributed by atoms with Crippen LogP contribution in [0.5, 0.6) is 0 Å². The average molecular weight is 420 g/mol. The number of thioether (sulfide) groups is 1. The maximum absolute atomic E-state index is 12.6. The highest BCUT2D eigenvalue weighted by Crippen LogP contribution is 2.24. The first-order valence-electron chi connectivity index (χ1n) is 8.81. The molecule has 28 heavy (non-hydrogen) atoms. The smallest absolute Gasteiger partial charge is 0.279 e. The van der Waals surface area contributed by atoms with E-state index >= 15 is 0 Å². The van der Waals surface area contributed by atoms with Gasteiger partial charge in [-0.25, -0.2) is 0 Å². The van der Waals surface area contributed by atoms with Crippen molar-refractivity contribution in [2.75, 3.05) is 38.4 Å². The number of aromatic nitrogens is 2. The van der Waals surface area contributed by atoms with Crippen molar-refractivity contribution in [3.63, 3.8) is 0 Å². The Labute approximate surface area is 172 Å². The molecule has 1 aromatic carbocycles. The Balaban J connectivity index is 1.64. The van der Waals surface area contributed by atoms with Gasteiger partial charge in [0.25, 0.3) is 17.7 Å². The fourth-order valence-electron chi connectivity index (χ4n) is 2.69. The fourth-order valence-corrected chi connectivity index (χ4v) is 3.89. The summed E-state index contributed by atoms with van der Waals surface area (Å²) in [6.07, 6.45) is 1.99. The van der Waals surface area contributed by atoms with E-state index in [1.54, 1.807) is 30.2 Å². The molecule has 7 nitrogen and oxygen atoms in total. The minimum absolute atomic E-state index is 0.0643. The van der Waals surface area contributed by atoms with E-state index in [4.69, 9.17) is 9.15 Å². The van der Waals surface area contributed by atoms with Gasteiger partial charge in [-0.05, 0) is 29.8 Å². The average Bonchev–Trinajstić information content (AvgIpc) is 3.38. The normalized spacial score (nSPS) is 12.1. The van der Waals surface area contributed by atoms with E-state index in [2.05, 4.69) is 15.5 Å². The number of nitrogens with one attached hydrogen (secondary N) is 2. The number of benzene rings is 1. The van der Waals surface area contributed by atoms with Crippen molar-refractivity contribution < 1.29 is 18.8 Å². The van der Waals surface area contributed by atoms with Crippen molar-refractivity contribution in [2.45, 2.75) is 11.4 Å². The molecule has 1 unspecified atom stereocenters. The Morgan fingerprint density at radius 1 is 1.29 bits per heavy atom. The van der Waals surface area contributed by atoms with Crippen LogP contribution in [0.3, 0.4) is 0 Å². The molecule has 0 aliphatic carbocycles. The van der Waals surface area contributed by atoms with Crippen molar-refractivity contribution in [1.82, 2.24) is 10.2 Å². The van der Waals surface area contributed by atoms with Crippen LogP contribution in [-0.4, -0.2) is 49.2 Å². The predicted molar refractivity (Wildman–Crippen MR) is 111 cm³/mol. The highest BCUT2D eigenvalue weighted by atomic mass is 32.2. The molecule has 2 aromatic heterocycles. The van der Waals surface area contributed by atoms with E-state index < -0.39 is 0 Å². The summed E-state index contributed by atoms with van der Waals surface area (Å²) in [6, 6.07) is 11.6. The van der Waals surface area contributed by atoms with Gasteiger partial charge in [-0.3, -0.25) is 4.79 Å². The Kier molecular flexibility index (Phi) is 7.61. The van der Waals surface area contributed by atoms with Crippen LogP contribution in [0.2, 0.25) is 0 Å². The molecular formula is C19H23N4O3S2+. The summed E-state index contributed by atoms with van der Waals surface area (Å²) in [4.78, 5) is 15.5. The number of carbonyl (C=O) groups excluding carboxylic acids is 1. The number of anilines is 1. The summed E-state index contributed by atoms with van der Waals surface area (Å²) in [5.74, 6) is 0.951. The number of nitrogens with zero attached hydrogens (tertiary/aromatic N) is 2. The summed E-state index contributed by atoms with van der Waals surface area (Å²) in [5.41, 5.74) is 0.823. The SMILES string of the molecule is COCC[NH+](CC(=O)Nc1ccccc1SC)Cc1nnc(-c2cccs2)o1. The van der Waals surface area contributed by atoms with E-state index in [-0.39, 0.29) is 12.5 Å². The lowest BCUT2D eigenvalue weighted by atomic mass is 10.3. The molecule has 3 rings (SSSR count). The zero-order valence-corrected chi connectivity index (χ0v) is 17.4. The minimum Gasteiger partial charge on any atom is -0.414 e. The minimum atomic E-state index is -0.0643. The molecule has 2 heterocycles. The van der Waals surface area contributed by atoms with Gasteiger partial charge < -0.3 is 19.4 Å². The summed E-state index contributed by atoms with van der Waals surface area (Å²) in [5, 5.41) is 13.2. The molecule has 0 saturated heterocycles. The van der Waals surface area contributed by atoms with E-state index in [0.29, 0.717) is 31.5 Å². The standard InChI is InChI=1S/C19H22N4O3S2/c1-25-10-9-23(12-17(24)20-14-6-3-4-7-15(14)27-2)13-18-21-22-19(26-18)16-8-5-11-28-16/h3-8,11H,9-10,12-13H2,1-2H3,(H,20,24)/p+1. The van der Waals surface area contributed by atoms with Crippen LogP contribution in [0, 0.1) is 0 Å². The van der Waals surface area contributed by atoms with Crippen molar-refractivity contribution in [1.29, 1.82) is 0 Å². The van der Waals surface area contributed by atoms with Gasteiger partial charge in [0, 0.05) is 12.0 Å². The molecule has 3 aromatic rings. The van der Waals surface area contributed by atoms with Crippen molar-refractivity contribution in [3.8, 4) is 10.8 Å². The number of hydrogen-bond acceptors (Lipinski definition) is 7. The van der Waals surface area contributed by atoms with E-state index in [9.17, 15) is 4.79 Å². The molecular weight excluding hydrogens is 396 g/mol. The molecule has 0 aliphatic rings. The van der Waals surface area contributed by atoms with Gasteiger partial charge in [0.15, 0.2) is 13.1 Å². The Hall–Kier alpha value is -2.20. The van der Waals surface area contributed by atoms with Crippen molar-refractivity contribution >= 4 is 34.7 Å². The molecule has 0 saturated carbocycles. The zero-order valence-electron chi connectivity index (χ0n) is 15.8. The van der Waals surface area contributed by atoms with Crippen LogP contribution in [0.25, 0.3) is 10.8 Å². The highest BCUT2D eigenvalue weighted by Gasteiger charge is 2.20. The summed E-state index contributed by atoms with van der Waals surface area (Å²) in [7, 11) is 1.65. The third kappa shape index (κ3) is 5.65. The lowest BCUT2D eigenvalue weighted by Crippen LogP contribution is -3.12. The lowest BCUT2D eigenvalue weighted by Gasteiger charge is -2.17. The summed E-state index contributed by atoms with van der Waals surface area (Å²) in [6.45, 7) is 1.93. The largest absolute Gasteiger partial charge is 0.414 e. The van der Waals surface area contributed by atoms with Gasteiger partial charge in [-0.1, -0.05) is 18.2 Å². The second-order valence-corrected chi connectivity index (χ2v) is 7.87. The quantitative estimate of drug-likeness (QED) is 0.490. The molecule has 1 amide bonds. The van der Waals surface area contributed by atoms with Gasteiger partial charge in [0.2, 0.25) is 0 Å². The summed E-state index contributed by atoms with van der Waals surface area (Å²) < 4.78 is 11.0. The molecule has 0 aliphatic heterocycles. The van der Waals surface area contributed by atoms with Gasteiger partial charge in [0.05, 0.1) is 17.2 Å². The fraction of sp³-hybridized carbons (Fsp3) is 0.316. The first-order valence-corrected chi connectivity index (χ1v) is 10.9. The second kappa shape index (κ2) is 10.4. The van der Waals surface area contributed by atoms with Crippen LogP contribution in [-0.2, 0) is 16.1 Å². The van der Waals surface area contributed by atoms with Crippen molar-refractivity contribution in [2.24, 2.45) is 0 Å². The van der Waals surface area contributed by atoms with Gasteiger partial charge in [0.1, 0.15) is 6.54 Å². The van der Waals surface area contributed by atoms with Crippen LogP contribution in [0.1, 0.15) is 5.89 Å². The van der Waals surface area contributed by atoms with Crippen LogP contribution in [0.15, 0.2) is 51.1 Å². The molecule has 1 atom stereocenters. The number of carbonyl (C=O) groups is 1. The number of amides is 1. The number of thiophene rings is 1. The van der Waals surface area contributed by atoms with Crippen LogP contribution < -0.4 is 10.2 Å². The predicted octanol–water partition coefficient (Wildman–Crippen LogP) is 2.19. The lowest BCUT2D eigenvalue weighted by molar-refractivity contribution is -0.907. The molecule has 0 spiro atoms. The Morgan fingerprint density at radius 2 is 2.14 bits per heavy atom. The molecule has 2 N–H and O–H groups in total. The number of para-hydroxylation sites is 1. The van der Waals surface area contributed by atoms with Gasteiger partial charge in [-0.2, -0.15) is 0 Å². The van der Waals surface area contributed by atoms with E-state index in [1.807, 2.05) is 48.0 Å². The molecule has 9 heteroatoms. The Morgan fingerprint density at radius 3 is 2.89 bits per heavy atom. The first kappa shape index (κ1) is 20.5.